The van der Waals surface area contributed by atoms with E-state index in [9.17, 15) is 14.9 Å². The second-order valence-corrected chi connectivity index (χ2v) is 8.76. The van der Waals surface area contributed by atoms with E-state index in [0.717, 1.165) is 19.4 Å². The number of nitrogens with zero attached hydrogens (tertiary/aromatic N) is 5. The second kappa shape index (κ2) is 11.0. The first kappa shape index (κ1) is 24.7. The average molecular weight is 511 g/mol. The van der Waals surface area contributed by atoms with Crippen LogP contribution in [0.25, 0.3) is 16.9 Å². The molecule has 2 aromatic carbocycles. The van der Waals surface area contributed by atoms with E-state index in [0.29, 0.717) is 28.4 Å². The van der Waals surface area contributed by atoms with Crippen LogP contribution in [-0.4, -0.2) is 44.1 Å². The average Bonchev–Trinajstić information content (AvgIpc) is 3.55. The molecule has 2 aromatic heterocycles. The van der Waals surface area contributed by atoms with Crippen molar-refractivity contribution in [3.05, 3.63) is 83.1 Å². The summed E-state index contributed by atoms with van der Waals surface area (Å²) in [4.78, 5) is 34.4. The molecule has 5 rings (SSSR count). The lowest BCUT2D eigenvalue weighted by Gasteiger charge is -2.08. The summed E-state index contributed by atoms with van der Waals surface area (Å²) in [6.07, 6.45) is 4.83. The van der Waals surface area contributed by atoms with Gasteiger partial charge in [0.25, 0.3) is 5.91 Å². The van der Waals surface area contributed by atoms with Gasteiger partial charge in [-0.25, -0.2) is 14.8 Å². The van der Waals surface area contributed by atoms with Crippen molar-refractivity contribution in [3.63, 3.8) is 0 Å². The van der Waals surface area contributed by atoms with Crippen LogP contribution in [0.2, 0.25) is 0 Å². The zero-order chi connectivity index (χ0) is 26.5. The lowest BCUT2D eigenvalue weighted by molar-refractivity contribution is -0.117. The van der Waals surface area contributed by atoms with E-state index in [1.54, 1.807) is 30.3 Å². The highest BCUT2D eigenvalue weighted by atomic mass is 16.5. The van der Waals surface area contributed by atoms with Crippen molar-refractivity contribution in [1.29, 1.82) is 5.26 Å². The van der Waals surface area contributed by atoms with Gasteiger partial charge in [0.15, 0.2) is 11.5 Å². The number of carbonyl (C=O) groups is 1. The number of benzene rings is 2. The van der Waals surface area contributed by atoms with Gasteiger partial charge in [-0.1, -0.05) is 18.2 Å². The molecule has 0 aliphatic carbocycles. The number of para-hydroxylation sites is 1. The quantitative estimate of drug-likeness (QED) is 0.241. The highest BCUT2D eigenvalue weighted by Gasteiger charge is 2.20. The van der Waals surface area contributed by atoms with Gasteiger partial charge in [0.2, 0.25) is 0 Å². The van der Waals surface area contributed by atoms with Gasteiger partial charge >= 0.3 is 5.69 Å². The summed E-state index contributed by atoms with van der Waals surface area (Å²) >= 11 is 0. The number of nitrogen functional groups attached to an aromatic ring is 1. The number of nitrogens with two attached hydrogens (primary N) is 1. The molecule has 38 heavy (non-hydrogen) atoms. The van der Waals surface area contributed by atoms with Crippen LogP contribution in [0.3, 0.4) is 0 Å². The third-order valence-corrected chi connectivity index (χ3v) is 6.26. The maximum Gasteiger partial charge on any atom is 0.335 e. The van der Waals surface area contributed by atoms with E-state index >= 15 is 0 Å². The Morgan fingerprint density at radius 1 is 1.18 bits per heavy atom. The third kappa shape index (κ3) is 5.11. The highest BCUT2D eigenvalue weighted by molar-refractivity contribution is 5.97. The van der Waals surface area contributed by atoms with E-state index in [-0.39, 0.29) is 36.2 Å². The zero-order valence-electron chi connectivity index (χ0n) is 20.5. The Morgan fingerprint density at radius 3 is 2.66 bits per heavy atom. The number of amides is 1. The molecule has 1 aliphatic heterocycles. The van der Waals surface area contributed by atoms with Crippen LogP contribution in [0.4, 0.5) is 5.82 Å². The molecule has 0 unspecified atom stereocenters. The van der Waals surface area contributed by atoms with Crippen molar-refractivity contribution in [2.24, 2.45) is 0 Å². The number of nitriles is 1. The van der Waals surface area contributed by atoms with Gasteiger partial charge in [-0.15, -0.1) is 0 Å². The van der Waals surface area contributed by atoms with E-state index < -0.39 is 5.91 Å². The molecule has 1 amide bonds. The van der Waals surface area contributed by atoms with Crippen molar-refractivity contribution < 1.29 is 9.53 Å². The summed E-state index contributed by atoms with van der Waals surface area (Å²) in [5, 5.41) is 15.4. The third-order valence-electron chi connectivity index (χ3n) is 6.26. The summed E-state index contributed by atoms with van der Waals surface area (Å²) in [5.41, 5.74) is 7.08. The monoisotopic (exact) mass is 510 g/mol. The molecule has 11 heteroatoms. The molecule has 0 saturated carbocycles. The summed E-state index contributed by atoms with van der Waals surface area (Å²) < 4.78 is 8.71. The number of fused-ring (bicyclic) bond motifs is 1. The van der Waals surface area contributed by atoms with Crippen LogP contribution in [0.15, 0.2) is 77.4 Å². The lowest BCUT2D eigenvalue weighted by Crippen LogP contribution is -2.32. The number of imidazole rings is 1. The lowest BCUT2D eigenvalue weighted by atomic mass is 10.1. The minimum absolute atomic E-state index is 0.0140. The first-order valence-corrected chi connectivity index (χ1v) is 12.2. The van der Waals surface area contributed by atoms with Gasteiger partial charge in [0.05, 0.1) is 5.69 Å². The van der Waals surface area contributed by atoms with Gasteiger partial charge in [-0.2, -0.15) is 5.26 Å². The Hall–Kier alpha value is -4.95. The first-order valence-electron chi connectivity index (χ1n) is 12.2. The molecule has 4 N–H and O–H groups in total. The van der Waals surface area contributed by atoms with Crippen molar-refractivity contribution in [3.8, 4) is 23.3 Å². The SMILES string of the molecule is N#C/C(=C/[C@@H]1CCCN1)C(=O)NCCn1c(=O)n(-c2ccc(Oc3ccccc3)cc2)c2c(N)ncnc21. The van der Waals surface area contributed by atoms with Crippen molar-refractivity contribution in [2.75, 3.05) is 18.8 Å². The molecule has 1 fully saturated rings. The number of anilines is 1. The largest absolute Gasteiger partial charge is 0.457 e. The molecule has 3 heterocycles. The Bertz CT molecular complexity index is 1580. The molecule has 0 radical (unpaired) electrons. The van der Waals surface area contributed by atoms with Crippen LogP contribution in [-0.2, 0) is 11.3 Å². The molecule has 1 saturated heterocycles. The number of carbonyl (C=O) groups excluding carboxylic acids is 1. The summed E-state index contributed by atoms with van der Waals surface area (Å²) in [6, 6.07) is 18.4. The van der Waals surface area contributed by atoms with E-state index in [4.69, 9.17) is 10.5 Å². The molecule has 1 aliphatic rings. The number of nitrogens with one attached hydrogen (secondary N) is 2. The molecule has 0 bridgehead atoms. The predicted octanol–water partition coefficient (Wildman–Crippen LogP) is 2.27. The van der Waals surface area contributed by atoms with Gasteiger partial charge in [0, 0.05) is 19.1 Å². The number of aromatic nitrogens is 4. The number of ether oxygens (including phenoxy) is 1. The fourth-order valence-electron chi connectivity index (χ4n) is 4.43. The van der Waals surface area contributed by atoms with Gasteiger partial charge in [-0.05, 0) is 61.9 Å². The zero-order valence-corrected chi connectivity index (χ0v) is 20.5. The second-order valence-electron chi connectivity index (χ2n) is 8.76. The van der Waals surface area contributed by atoms with Gasteiger partial charge in [0.1, 0.15) is 35.0 Å². The number of rotatable bonds is 8. The van der Waals surface area contributed by atoms with Crippen LogP contribution >= 0.6 is 0 Å². The minimum Gasteiger partial charge on any atom is -0.457 e. The fourth-order valence-corrected chi connectivity index (χ4v) is 4.43. The normalized spacial score (nSPS) is 15.3. The van der Waals surface area contributed by atoms with Gasteiger partial charge in [-0.3, -0.25) is 13.9 Å². The van der Waals surface area contributed by atoms with E-state index in [1.807, 2.05) is 36.4 Å². The Labute approximate surface area is 218 Å². The Morgan fingerprint density at radius 2 is 1.95 bits per heavy atom. The first-order chi connectivity index (χ1) is 18.5. The summed E-state index contributed by atoms with van der Waals surface area (Å²) in [5.74, 6) is 0.972. The van der Waals surface area contributed by atoms with E-state index in [2.05, 4.69) is 20.6 Å². The van der Waals surface area contributed by atoms with Crippen LogP contribution in [0.1, 0.15) is 12.8 Å². The summed E-state index contributed by atoms with van der Waals surface area (Å²) in [7, 11) is 0. The molecule has 192 valence electrons. The van der Waals surface area contributed by atoms with Crippen LogP contribution < -0.4 is 26.8 Å². The minimum atomic E-state index is -0.485. The maximum atomic E-state index is 13.5. The van der Waals surface area contributed by atoms with Crippen molar-refractivity contribution >= 4 is 22.9 Å². The number of hydrogen-bond acceptors (Lipinski definition) is 8. The fraction of sp³-hybridized carbons (Fsp3) is 0.222. The maximum absolute atomic E-state index is 13.5. The summed E-state index contributed by atoms with van der Waals surface area (Å²) in [6.45, 7) is 1.10. The van der Waals surface area contributed by atoms with Crippen molar-refractivity contribution in [2.45, 2.75) is 25.4 Å². The van der Waals surface area contributed by atoms with Crippen LogP contribution in [0.5, 0.6) is 11.5 Å². The Kier molecular flexibility index (Phi) is 7.15. The molecule has 11 nitrogen and oxygen atoms in total. The molecule has 4 aromatic rings. The van der Waals surface area contributed by atoms with Crippen LogP contribution in [0, 0.1) is 11.3 Å². The topological polar surface area (TPSA) is 153 Å². The Balaban J connectivity index is 1.37. The van der Waals surface area contributed by atoms with Crippen molar-refractivity contribution in [1.82, 2.24) is 29.7 Å². The highest BCUT2D eigenvalue weighted by Crippen LogP contribution is 2.24. The van der Waals surface area contributed by atoms with Gasteiger partial charge < -0.3 is 21.1 Å². The predicted molar refractivity (Wildman–Crippen MR) is 142 cm³/mol. The standard InChI is InChI=1S/C27H26N8O3/c28-16-18(15-19-5-4-12-30-19)26(36)31-13-14-34-25-23(24(29)32-17-33-25)35(27(34)37)20-8-10-22(11-9-20)38-21-6-2-1-3-7-21/h1-3,6-11,15,17,19,30H,4-5,12-14H2,(H,31,36)(H2,29,32,33)/b18-15-/t19-/m0/s1. The smallest absolute Gasteiger partial charge is 0.335 e. The molecular formula is C27H26N8O3. The van der Waals surface area contributed by atoms with E-state index in [1.165, 1.54) is 15.5 Å². The molecule has 0 spiro atoms. The molecular weight excluding hydrogens is 484 g/mol. The number of hydrogen-bond donors (Lipinski definition) is 3. The molecule has 1 atom stereocenters.